The van der Waals surface area contributed by atoms with Crippen molar-refractivity contribution >= 4 is 29.9 Å². The Hall–Kier alpha value is -2.35. The molecule has 0 unspecified atom stereocenters. The zero-order chi connectivity index (χ0) is 17.5. The van der Waals surface area contributed by atoms with E-state index in [1.54, 1.807) is 13.3 Å². The maximum atomic E-state index is 5.55. The SMILES string of the molecule is CN=C(NCc1cccc(C)c1)NCc1coc(-c2ccccc2)n1.I. The Morgan fingerprint density at radius 3 is 2.54 bits per heavy atom. The van der Waals surface area contributed by atoms with E-state index in [1.165, 1.54) is 11.1 Å². The Morgan fingerprint density at radius 2 is 1.81 bits per heavy atom. The molecular formula is C20H23IN4O. The van der Waals surface area contributed by atoms with Crippen molar-refractivity contribution in [2.75, 3.05) is 7.05 Å². The smallest absolute Gasteiger partial charge is 0.226 e. The van der Waals surface area contributed by atoms with Gasteiger partial charge in [-0.05, 0) is 24.6 Å². The van der Waals surface area contributed by atoms with E-state index in [2.05, 4.69) is 51.8 Å². The van der Waals surface area contributed by atoms with Gasteiger partial charge in [0.05, 0.1) is 12.2 Å². The number of halogens is 1. The van der Waals surface area contributed by atoms with Gasteiger partial charge >= 0.3 is 0 Å². The van der Waals surface area contributed by atoms with Crippen LogP contribution in [-0.2, 0) is 13.1 Å². The fraction of sp³-hybridized carbons (Fsp3) is 0.200. The predicted molar refractivity (Wildman–Crippen MR) is 116 cm³/mol. The summed E-state index contributed by atoms with van der Waals surface area (Å²) in [5.41, 5.74) is 4.27. The highest BCUT2D eigenvalue weighted by atomic mass is 127. The van der Waals surface area contributed by atoms with Gasteiger partial charge in [-0.1, -0.05) is 48.0 Å². The molecule has 3 rings (SSSR count). The van der Waals surface area contributed by atoms with Crippen LogP contribution in [-0.4, -0.2) is 18.0 Å². The Labute approximate surface area is 171 Å². The highest BCUT2D eigenvalue weighted by Gasteiger charge is 2.07. The minimum Gasteiger partial charge on any atom is -0.444 e. The van der Waals surface area contributed by atoms with E-state index in [0.717, 1.165) is 23.8 Å². The molecule has 0 amide bonds. The van der Waals surface area contributed by atoms with Crippen molar-refractivity contribution in [3.05, 3.63) is 77.7 Å². The van der Waals surface area contributed by atoms with E-state index in [1.807, 2.05) is 30.3 Å². The van der Waals surface area contributed by atoms with Gasteiger partial charge in [0.25, 0.3) is 0 Å². The number of benzene rings is 2. The summed E-state index contributed by atoms with van der Waals surface area (Å²) in [7, 11) is 1.75. The van der Waals surface area contributed by atoms with Crippen molar-refractivity contribution in [3.63, 3.8) is 0 Å². The lowest BCUT2D eigenvalue weighted by Gasteiger charge is -2.11. The summed E-state index contributed by atoms with van der Waals surface area (Å²) in [6, 6.07) is 18.3. The fourth-order valence-electron chi connectivity index (χ4n) is 2.50. The number of aliphatic imine (C=N–C) groups is 1. The zero-order valence-electron chi connectivity index (χ0n) is 14.9. The zero-order valence-corrected chi connectivity index (χ0v) is 17.2. The fourth-order valence-corrected chi connectivity index (χ4v) is 2.50. The third-order valence-corrected chi connectivity index (χ3v) is 3.78. The van der Waals surface area contributed by atoms with E-state index < -0.39 is 0 Å². The van der Waals surface area contributed by atoms with Crippen molar-refractivity contribution in [1.82, 2.24) is 15.6 Å². The van der Waals surface area contributed by atoms with Crippen molar-refractivity contribution in [3.8, 4) is 11.5 Å². The van der Waals surface area contributed by atoms with E-state index in [9.17, 15) is 0 Å². The number of rotatable bonds is 5. The van der Waals surface area contributed by atoms with E-state index >= 15 is 0 Å². The Balaban J connectivity index is 0.00000243. The molecule has 1 aromatic heterocycles. The Morgan fingerprint density at radius 1 is 1.04 bits per heavy atom. The first-order valence-electron chi connectivity index (χ1n) is 8.24. The molecule has 0 aliphatic carbocycles. The molecule has 0 bridgehead atoms. The van der Waals surface area contributed by atoms with Crippen molar-refractivity contribution in [2.45, 2.75) is 20.0 Å². The number of hydrogen-bond donors (Lipinski definition) is 2. The van der Waals surface area contributed by atoms with Gasteiger partial charge in [0.2, 0.25) is 5.89 Å². The highest BCUT2D eigenvalue weighted by molar-refractivity contribution is 14.0. The molecule has 0 aliphatic rings. The third kappa shape index (κ3) is 5.59. The highest BCUT2D eigenvalue weighted by Crippen LogP contribution is 2.17. The van der Waals surface area contributed by atoms with Gasteiger partial charge in [0.15, 0.2) is 5.96 Å². The first-order chi connectivity index (χ1) is 12.2. The second-order valence-electron chi connectivity index (χ2n) is 5.78. The summed E-state index contributed by atoms with van der Waals surface area (Å²) in [6.45, 7) is 3.35. The maximum Gasteiger partial charge on any atom is 0.226 e. The lowest BCUT2D eigenvalue weighted by molar-refractivity contribution is 0.572. The number of guanidine groups is 1. The number of nitrogens with one attached hydrogen (secondary N) is 2. The van der Waals surface area contributed by atoms with Gasteiger partial charge < -0.3 is 15.1 Å². The molecule has 136 valence electrons. The van der Waals surface area contributed by atoms with Crippen LogP contribution >= 0.6 is 24.0 Å². The summed E-state index contributed by atoms with van der Waals surface area (Å²) < 4.78 is 5.55. The normalized spacial score (nSPS) is 10.9. The molecule has 6 heteroatoms. The van der Waals surface area contributed by atoms with Crippen LogP contribution in [0.2, 0.25) is 0 Å². The second-order valence-corrected chi connectivity index (χ2v) is 5.78. The summed E-state index contributed by atoms with van der Waals surface area (Å²) in [4.78, 5) is 8.75. The number of aromatic nitrogens is 1. The molecule has 0 radical (unpaired) electrons. The molecule has 0 atom stereocenters. The van der Waals surface area contributed by atoms with Gasteiger partial charge in [-0.15, -0.1) is 24.0 Å². The van der Waals surface area contributed by atoms with E-state index in [0.29, 0.717) is 12.4 Å². The van der Waals surface area contributed by atoms with Crippen LogP contribution in [0.4, 0.5) is 0 Å². The van der Waals surface area contributed by atoms with Crippen molar-refractivity contribution < 1.29 is 4.42 Å². The average molecular weight is 462 g/mol. The van der Waals surface area contributed by atoms with E-state index in [4.69, 9.17) is 4.42 Å². The summed E-state index contributed by atoms with van der Waals surface area (Å²) in [6.07, 6.45) is 1.67. The average Bonchev–Trinajstić information content (AvgIpc) is 3.12. The molecule has 3 aromatic rings. The van der Waals surface area contributed by atoms with Crippen LogP contribution < -0.4 is 10.6 Å². The van der Waals surface area contributed by atoms with Crippen LogP contribution in [0.3, 0.4) is 0 Å². The standard InChI is InChI=1S/C20H22N4O.HI/c1-15-7-6-8-16(11-15)12-22-20(21-2)23-13-18-14-25-19(24-18)17-9-4-3-5-10-17;/h3-11,14H,12-13H2,1-2H3,(H2,21,22,23);1H. The largest absolute Gasteiger partial charge is 0.444 e. The molecule has 0 fully saturated rings. The summed E-state index contributed by atoms with van der Waals surface area (Å²) in [5.74, 6) is 1.35. The molecule has 26 heavy (non-hydrogen) atoms. The van der Waals surface area contributed by atoms with Crippen LogP contribution in [0, 0.1) is 6.92 Å². The molecule has 5 nitrogen and oxygen atoms in total. The maximum absolute atomic E-state index is 5.55. The Kier molecular flexibility index (Phi) is 7.65. The molecule has 2 aromatic carbocycles. The van der Waals surface area contributed by atoms with Crippen molar-refractivity contribution in [1.29, 1.82) is 0 Å². The molecule has 0 saturated carbocycles. The number of hydrogen-bond acceptors (Lipinski definition) is 3. The molecule has 0 aliphatic heterocycles. The quantitative estimate of drug-likeness (QED) is 0.340. The second kappa shape index (κ2) is 9.96. The monoisotopic (exact) mass is 462 g/mol. The topological polar surface area (TPSA) is 62.5 Å². The minimum absolute atomic E-state index is 0. The van der Waals surface area contributed by atoms with Gasteiger partial charge in [-0.3, -0.25) is 4.99 Å². The van der Waals surface area contributed by atoms with Gasteiger partial charge in [-0.25, -0.2) is 4.98 Å². The lowest BCUT2D eigenvalue weighted by Crippen LogP contribution is -2.36. The molecule has 0 saturated heterocycles. The predicted octanol–water partition coefficient (Wildman–Crippen LogP) is 4.13. The first-order valence-corrected chi connectivity index (χ1v) is 8.24. The molecule has 2 N–H and O–H groups in total. The summed E-state index contributed by atoms with van der Waals surface area (Å²) in [5, 5.41) is 6.55. The molecule has 1 heterocycles. The van der Waals surface area contributed by atoms with Crippen molar-refractivity contribution in [2.24, 2.45) is 4.99 Å². The third-order valence-electron chi connectivity index (χ3n) is 3.78. The first kappa shape index (κ1) is 20.0. The molecular weight excluding hydrogens is 439 g/mol. The minimum atomic E-state index is 0. The Bertz CT molecular complexity index is 846. The van der Waals surface area contributed by atoms with E-state index in [-0.39, 0.29) is 24.0 Å². The molecule has 0 spiro atoms. The van der Waals surface area contributed by atoms with Crippen LogP contribution in [0.1, 0.15) is 16.8 Å². The number of aryl methyl sites for hydroxylation is 1. The van der Waals surface area contributed by atoms with Crippen LogP contribution in [0.25, 0.3) is 11.5 Å². The van der Waals surface area contributed by atoms with Gasteiger partial charge in [-0.2, -0.15) is 0 Å². The van der Waals surface area contributed by atoms with Gasteiger partial charge in [0.1, 0.15) is 6.26 Å². The van der Waals surface area contributed by atoms with Crippen LogP contribution in [0.5, 0.6) is 0 Å². The van der Waals surface area contributed by atoms with Crippen LogP contribution in [0.15, 0.2) is 70.3 Å². The van der Waals surface area contributed by atoms with Gasteiger partial charge in [0, 0.05) is 19.2 Å². The number of nitrogens with zero attached hydrogens (tertiary/aromatic N) is 2. The number of oxazole rings is 1. The summed E-state index contributed by atoms with van der Waals surface area (Å²) >= 11 is 0. The lowest BCUT2D eigenvalue weighted by atomic mass is 10.1.